The fourth-order valence-corrected chi connectivity index (χ4v) is 2.33. The van der Waals surface area contributed by atoms with E-state index in [1.165, 1.54) is 6.92 Å². The highest BCUT2D eigenvalue weighted by Gasteiger charge is 2.29. The zero-order valence-electron chi connectivity index (χ0n) is 11.3. The molecule has 1 unspecified atom stereocenters. The molecule has 2 amide bonds. The fraction of sp³-hybridized carbons (Fsp3) is 0.429. The lowest BCUT2D eigenvalue weighted by Crippen LogP contribution is -2.25. The average Bonchev–Trinajstić information content (AvgIpc) is 2.73. The average molecular weight is 261 g/mol. The molecule has 5 nitrogen and oxygen atoms in total. The van der Waals surface area contributed by atoms with Crippen molar-refractivity contribution in [3.05, 3.63) is 23.8 Å². The number of anilines is 2. The first kappa shape index (κ1) is 13.5. The van der Waals surface area contributed by atoms with E-state index in [1.807, 2.05) is 25.1 Å². The number of rotatable bonds is 3. The van der Waals surface area contributed by atoms with Gasteiger partial charge in [0.1, 0.15) is 0 Å². The van der Waals surface area contributed by atoms with E-state index in [2.05, 4.69) is 5.32 Å². The zero-order chi connectivity index (χ0) is 14.0. The maximum atomic E-state index is 11.9. The van der Waals surface area contributed by atoms with Crippen LogP contribution >= 0.6 is 0 Å². The molecule has 3 N–H and O–H groups in total. The minimum Gasteiger partial charge on any atom is -0.330 e. The SMILES string of the molecule is CC(=O)Nc1ccc(N2CC(CN)CC2=O)cc1C. The van der Waals surface area contributed by atoms with Gasteiger partial charge in [-0.2, -0.15) is 0 Å². The molecule has 0 aliphatic carbocycles. The summed E-state index contributed by atoms with van der Waals surface area (Å²) in [5.41, 5.74) is 8.20. The molecule has 1 atom stereocenters. The number of nitrogens with two attached hydrogens (primary N) is 1. The number of benzene rings is 1. The summed E-state index contributed by atoms with van der Waals surface area (Å²) in [7, 11) is 0. The smallest absolute Gasteiger partial charge is 0.227 e. The van der Waals surface area contributed by atoms with E-state index < -0.39 is 0 Å². The van der Waals surface area contributed by atoms with Crippen LogP contribution in [0.1, 0.15) is 18.9 Å². The maximum absolute atomic E-state index is 11.9. The van der Waals surface area contributed by atoms with Gasteiger partial charge < -0.3 is 16.0 Å². The van der Waals surface area contributed by atoms with E-state index in [-0.39, 0.29) is 17.7 Å². The van der Waals surface area contributed by atoms with Gasteiger partial charge in [-0.3, -0.25) is 9.59 Å². The number of hydrogen-bond acceptors (Lipinski definition) is 3. The molecule has 0 radical (unpaired) electrons. The molecule has 19 heavy (non-hydrogen) atoms. The van der Waals surface area contributed by atoms with E-state index in [0.29, 0.717) is 19.5 Å². The molecule has 2 rings (SSSR count). The molecule has 1 aliphatic rings. The van der Waals surface area contributed by atoms with Crippen molar-refractivity contribution in [2.75, 3.05) is 23.3 Å². The van der Waals surface area contributed by atoms with Crippen LogP contribution in [0.5, 0.6) is 0 Å². The van der Waals surface area contributed by atoms with Crippen LogP contribution < -0.4 is 16.0 Å². The van der Waals surface area contributed by atoms with Crippen LogP contribution in [0, 0.1) is 12.8 Å². The quantitative estimate of drug-likeness (QED) is 0.860. The van der Waals surface area contributed by atoms with Crippen LogP contribution in [0.15, 0.2) is 18.2 Å². The van der Waals surface area contributed by atoms with Crippen molar-refractivity contribution >= 4 is 23.2 Å². The van der Waals surface area contributed by atoms with Crippen LogP contribution in [0.25, 0.3) is 0 Å². The third-order valence-corrected chi connectivity index (χ3v) is 3.37. The fourth-order valence-electron chi connectivity index (χ4n) is 2.33. The number of amides is 2. The zero-order valence-corrected chi connectivity index (χ0v) is 11.3. The van der Waals surface area contributed by atoms with E-state index in [9.17, 15) is 9.59 Å². The van der Waals surface area contributed by atoms with Crippen LogP contribution in [-0.2, 0) is 9.59 Å². The van der Waals surface area contributed by atoms with Gasteiger partial charge in [0.15, 0.2) is 0 Å². The summed E-state index contributed by atoms with van der Waals surface area (Å²) in [6.07, 6.45) is 0.517. The van der Waals surface area contributed by atoms with Crippen molar-refractivity contribution < 1.29 is 9.59 Å². The minimum atomic E-state index is -0.101. The largest absolute Gasteiger partial charge is 0.330 e. The lowest BCUT2D eigenvalue weighted by atomic mass is 10.1. The lowest BCUT2D eigenvalue weighted by molar-refractivity contribution is -0.117. The number of hydrogen-bond donors (Lipinski definition) is 2. The highest BCUT2D eigenvalue weighted by Crippen LogP contribution is 2.28. The van der Waals surface area contributed by atoms with Crippen molar-refractivity contribution in [1.29, 1.82) is 0 Å². The van der Waals surface area contributed by atoms with Crippen LogP contribution in [0.2, 0.25) is 0 Å². The molecule has 1 fully saturated rings. The second-order valence-electron chi connectivity index (χ2n) is 4.99. The molecule has 5 heteroatoms. The molecule has 102 valence electrons. The number of aryl methyl sites for hydroxylation is 1. The third kappa shape index (κ3) is 2.93. The van der Waals surface area contributed by atoms with E-state index in [0.717, 1.165) is 16.9 Å². The Kier molecular flexibility index (Phi) is 3.85. The minimum absolute atomic E-state index is 0.101. The monoisotopic (exact) mass is 261 g/mol. The molecular weight excluding hydrogens is 242 g/mol. The molecule has 0 saturated carbocycles. The number of nitrogens with zero attached hydrogens (tertiary/aromatic N) is 1. The van der Waals surface area contributed by atoms with Gasteiger partial charge in [0.05, 0.1) is 0 Å². The standard InChI is InChI=1S/C14H19N3O2/c1-9-5-12(3-4-13(9)16-10(2)18)17-8-11(7-15)6-14(17)19/h3-5,11H,6-8,15H2,1-2H3,(H,16,18). The first-order chi connectivity index (χ1) is 9.01. The second-order valence-corrected chi connectivity index (χ2v) is 4.99. The van der Waals surface area contributed by atoms with Gasteiger partial charge >= 0.3 is 0 Å². The predicted octanol–water partition coefficient (Wildman–Crippen LogP) is 1.27. The Balaban J connectivity index is 2.20. The molecule has 1 saturated heterocycles. The predicted molar refractivity (Wildman–Crippen MR) is 75.0 cm³/mol. The first-order valence-electron chi connectivity index (χ1n) is 6.40. The molecule has 0 aromatic heterocycles. The Morgan fingerprint density at radius 1 is 1.53 bits per heavy atom. The van der Waals surface area contributed by atoms with Crippen molar-refractivity contribution in [1.82, 2.24) is 0 Å². The van der Waals surface area contributed by atoms with Gasteiger partial charge in [0.25, 0.3) is 0 Å². The summed E-state index contributed by atoms with van der Waals surface area (Å²) >= 11 is 0. The molecular formula is C14H19N3O2. The van der Waals surface area contributed by atoms with Gasteiger partial charge in [0, 0.05) is 31.3 Å². The second kappa shape index (κ2) is 5.40. The van der Waals surface area contributed by atoms with Gasteiger partial charge in [-0.05, 0) is 43.1 Å². The van der Waals surface area contributed by atoms with E-state index in [4.69, 9.17) is 5.73 Å². The van der Waals surface area contributed by atoms with E-state index >= 15 is 0 Å². The Hall–Kier alpha value is -1.88. The molecule has 0 bridgehead atoms. The van der Waals surface area contributed by atoms with Gasteiger partial charge in [-0.15, -0.1) is 0 Å². The van der Waals surface area contributed by atoms with Crippen molar-refractivity contribution in [3.63, 3.8) is 0 Å². The Morgan fingerprint density at radius 2 is 2.26 bits per heavy atom. The first-order valence-corrected chi connectivity index (χ1v) is 6.40. The summed E-state index contributed by atoms with van der Waals surface area (Å²) in [6.45, 7) is 4.60. The number of carbonyl (C=O) groups is 2. The Labute approximate surface area is 112 Å². The van der Waals surface area contributed by atoms with Crippen LogP contribution in [0.4, 0.5) is 11.4 Å². The number of carbonyl (C=O) groups excluding carboxylic acids is 2. The van der Waals surface area contributed by atoms with E-state index in [1.54, 1.807) is 4.90 Å². The topological polar surface area (TPSA) is 75.4 Å². The summed E-state index contributed by atoms with van der Waals surface area (Å²) in [6, 6.07) is 5.60. The molecule has 1 aliphatic heterocycles. The highest BCUT2D eigenvalue weighted by atomic mass is 16.2. The molecule has 1 heterocycles. The summed E-state index contributed by atoms with van der Waals surface area (Å²) in [4.78, 5) is 24.7. The molecule has 1 aromatic rings. The Bertz CT molecular complexity index is 513. The normalized spacial score (nSPS) is 18.8. The highest BCUT2D eigenvalue weighted by molar-refractivity contribution is 5.96. The van der Waals surface area contributed by atoms with Gasteiger partial charge in [0.2, 0.25) is 11.8 Å². The van der Waals surface area contributed by atoms with Crippen molar-refractivity contribution in [2.24, 2.45) is 11.7 Å². The number of nitrogens with one attached hydrogen (secondary N) is 1. The molecule has 1 aromatic carbocycles. The van der Waals surface area contributed by atoms with Gasteiger partial charge in [-0.25, -0.2) is 0 Å². The third-order valence-electron chi connectivity index (χ3n) is 3.37. The van der Waals surface area contributed by atoms with Crippen LogP contribution in [-0.4, -0.2) is 24.9 Å². The van der Waals surface area contributed by atoms with Crippen molar-refractivity contribution in [2.45, 2.75) is 20.3 Å². The summed E-state index contributed by atoms with van der Waals surface area (Å²) < 4.78 is 0. The van der Waals surface area contributed by atoms with Crippen molar-refractivity contribution in [3.8, 4) is 0 Å². The summed E-state index contributed by atoms with van der Waals surface area (Å²) in [5.74, 6) is 0.251. The lowest BCUT2D eigenvalue weighted by Gasteiger charge is -2.18. The Morgan fingerprint density at radius 3 is 2.79 bits per heavy atom. The maximum Gasteiger partial charge on any atom is 0.227 e. The summed E-state index contributed by atoms with van der Waals surface area (Å²) in [5, 5.41) is 2.76. The van der Waals surface area contributed by atoms with Gasteiger partial charge in [-0.1, -0.05) is 0 Å². The van der Waals surface area contributed by atoms with Crippen LogP contribution in [0.3, 0.4) is 0 Å². The molecule has 0 spiro atoms.